The van der Waals surface area contributed by atoms with E-state index in [1.807, 2.05) is 4.98 Å². The summed E-state index contributed by atoms with van der Waals surface area (Å²) in [6, 6.07) is 1.10. The predicted octanol–water partition coefficient (Wildman–Crippen LogP) is -2.29. The summed E-state index contributed by atoms with van der Waals surface area (Å²) in [5.41, 5.74) is -2.92. The van der Waals surface area contributed by atoms with E-state index in [0.29, 0.717) is 0 Å². The average Bonchev–Trinajstić information content (AvgIpc) is 2.54. The third-order valence-electron chi connectivity index (χ3n) is 3.36. The molecule has 106 valence electrons. The number of rotatable bonds is 2. The van der Waals surface area contributed by atoms with E-state index < -0.39 is 41.4 Å². The van der Waals surface area contributed by atoms with Gasteiger partial charge >= 0.3 is 5.69 Å². The highest BCUT2D eigenvalue weighted by atomic mass is 16.6. The molecule has 0 bridgehead atoms. The van der Waals surface area contributed by atoms with E-state index in [4.69, 9.17) is 4.74 Å². The van der Waals surface area contributed by atoms with Gasteiger partial charge in [0.2, 0.25) is 0 Å². The molecule has 0 amide bonds. The second-order valence-electron chi connectivity index (χ2n) is 4.79. The molecular weight excluding hydrogens is 256 g/mol. The first-order valence-electron chi connectivity index (χ1n) is 5.82. The molecule has 2 heterocycles. The van der Waals surface area contributed by atoms with Crippen LogP contribution in [-0.2, 0) is 10.5 Å². The fourth-order valence-corrected chi connectivity index (χ4v) is 2.26. The van der Waals surface area contributed by atoms with Crippen molar-refractivity contribution in [3.8, 4) is 0 Å². The Labute approximate surface area is 107 Å². The van der Waals surface area contributed by atoms with E-state index in [2.05, 4.69) is 0 Å². The number of nitrogens with one attached hydrogen (secondary N) is 1. The molecule has 0 spiro atoms. The highest BCUT2D eigenvalue weighted by molar-refractivity contribution is 5.00. The lowest BCUT2D eigenvalue weighted by molar-refractivity contribution is -0.148. The van der Waals surface area contributed by atoms with Gasteiger partial charge in [0.25, 0.3) is 5.56 Å². The summed E-state index contributed by atoms with van der Waals surface area (Å²) in [4.78, 5) is 24.8. The maximum absolute atomic E-state index is 11.7. The largest absolute Gasteiger partial charge is 0.391 e. The number of nitrogens with zero attached hydrogens (tertiary/aromatic N) is 1. The monoisotopic (exact) mass is 272 g/mol. The van der Waals surface area contributed by atoms with Gasteiger partial charge in [0, 0.05) is 12.3 Å². The number of aliphatic hydroxyl groups is 3. The molecule has 0 aromatic carbocycles. The lowest BCUT2D eigenvalue weighted by Gasteiger charge is -2.29. The summed E-state index contributed by atoms with van der Waals surface area (Å²) < 4.78 is 6.41. The molecule has 0 aliphatic carbocycles. The van der Waals surface area contributed by atoms with Crippen LogP contribution in [0.5, 0.6) is 0 Å². The third kappa shape index (κ3) is 2.12. The van der Waals surface area contributed by atoms with Crippen molar-refractivity contribution in [2.24, 2.45) is 0 Å². The topological polar surface area (TPSA) is 125 Å². The van der Waals surface area contributed by atoms with Gasteiger partial charge in [0.1, 0.15) is 18.3 Å². The van der Waals surface area contributed by atoms with Crippen molar-refractivity contribution < 1.29 is 20.1 Å². The van der Waals surface area contributed by atoms with E-state index in [1.165, 1.54) is 20.0 Å². The Kier molecular flexibility index (Phi) is 3.35. The summed E-state index contributed by atoms with van der Waals surface area (Å²) in [6.07, 6.45) is -3.65. The van der Waals surface area contributed by atoms with Crippen molar-refractivity contribution >= 4 is 0 Å². The summed E-state index contributed by atoms with van der Waals surface area (Å²) in [5.74, 6) is 0. The molecule has 1 aliphatic heterocycles. The van der Waals surface area contributed by atoms with Crippen molar-refractivity contribution in [2.75, 3.05) is 0 Å². The number of ether oxygens (including phenoxy) is 1. The summed E-state index contributed by atoms with van der Waals surface area (Å²) in [7, 11) is 0. The average molecular weight is 272 g/mol. The number of H-pyrrole nitrogens is 1. The molecule has 4 N–H and O–H groups in total. The summed E-state index contributed by atoms with van der Waals surface area (Å²) in [5, 5.41) is 29.4. The minimum atomic E-state index is -1.57. The van der Waals surface area contributed by atoms with Crippen LogP contribution < -0.4 is 11.2 Å². The molecule has 0 radical (unpaired) electrons. The lowest BCUT2D eigenvalue weighted by Crippen LogP contribution is -2.49. The predicted molar refractivity (Wildman–Crippen MR) is 63.5 cm³/mol. The fourth-order valence-electron chi connectivity index (χ4n) is 2.26. The zero-order valence-corrected chi connectivity index (χ0v) is 10.5. The van der Waals surface area contributed by atoms with Gasteiger partial charge in [0.15, 0.2) is 5.72 Å². The van der Waals surface area contributed by atoms with Crippen LogP contribution in [0.1, 0.15) is 13.8 Å². The summed E-state index contributed by atoms with van der Waals surface area (Å²) in [6.45, 7) is 2.80. The van der Waals surface area contributed by atoms with Gasteiger partial charge < -0.3 is 20.1 Å². The second kappa shape index (κ2) is 4.57. The maximum atomic E-state index is 11.7. The van der Waals surface area contributed by atoms with Crippen molar-refractivity contribution in [3.05, 3.63) is 33.1 Å². The zero-order valence-electron chi connectivity index (χ0n) is 10.5. The quantitative estimate of drug-likeness (QED) is 0.480. The number of aromatic amines is 1. The van der Waals surface area contributed by atoms with Crippen molar-refractivity contribution in [2.45, 2.75) is 44.0 Å². The molecule has 5 unspecified atom stereocenters. The van der Waals surface area contributed by atoms with Gasteiger partial charge in [-0.15, -0.1) is 0 Å². The zero-order chi connectivity index (χ0) is 14.4. The highest BCUT2D eigenvalue weighted by Gasteiger charge is 2.54. The Hall–Kier alpha value is -1.48. The minimum Gasteiger partial charge on any atom is -0.391 e. The third-order valence-corrected chi connectivity index (χ3v) is 3.36. The molecule has 1 aliphatic rings. The molecule has 0 saturated carbocycles. The van der Waals surface area contributed by atoms with Crippen LogP contribution in [0.25, 0.3) is 0 Å². The van der Waals surface area contributed by atoms with Crippen LogP contribution in [0.2, 0.25) is 0 Å². The Morgan fingerprint density at radius 3 is 2.58 bits per heavy atom. The SMILES string of the molecule is CC(O)C1OC(C)(n2ccc(=O)[nH]c2=O)C(O)C1O. The highest BCUT2D eigenvalue weighted by Crippen LogP contribution is 2.35. The normalized spacial score (nSPS) is 36.4. The van der Waals surface area contributed by atoms with Crippen LogP contribution >= 0.6 is 0 Å². The van der Waals surface area contributed by atoms with Gasteiger partial charge in [0.05, 0.1) is 6.10 Å². The Bertz CT molecular complexity index is 579. The molecular formula is C11H16N2O6. The van der Waals surface area contributed by atoms with E-state index in [0.717, 1.165) is 10.6 Å². The lowest BCUT2D eigenvalue weighted by atomic mass is 10.0. The van der Waals surface area contributed by atoms with Crippen LogP contribution in [-0.4, -0.2) is 49.3 Å². The van der Waals surface area contributed by atoms with Crippen molar-refractivity contribution in [1.29, 1.82) is 0 Å². The molecule has 1 fully saturated rings. The number of aromatic nitrogens is 2. The molecule has 1 saturated heterocycles. The van der Waals surface area contributed by atoms with Crippen molar-refractivity contribution in [3.63, 3.8) is 0 Å². The molecule has 5 atom stereocenters. The van der Waals surface area contributed by atoms with E-state index in [-0.39, 0.29) is 0 Å². The molecule has 2 rings (SSSR count). The van der Waals surface area contributed by atoms with Crippen LogP contribution in [0, 0.1) is 0 Å². The molecule has 1 aromatic heterocycles. The van der Waals surface area contributed by atoms with E-state index in [1.54, 1.807) is 0 Å². The molecule has 19 heavy (non-hydrogen) atoms. The minimum absolute atomic E-state index is 0.579. The van der Waals surface area contributed by atoms with Crippen LogP contribution in [0.15, 0.2) is 21.9 Å². The maximum Gasteiger partial charge on any atom is 0.330 e. The van der Waals surface area contributed by atoms with E-state index in [9.17, 15) is 24.9 Å². The standard InChI is InChI=1S/C11H16N2O6/c1-5(14)8-7(16)9(17)11(2,19-8)13-4-3-6(15)12-10(13)18/h3-5,7-9,14,16-17H,1-2H3,(H,12,15,18). The van der Waals surface area contributed by atoms with Crippen LogP contribution in [0.3, 0.4) is 0 Å². The molecule has 1 aromatic rings. The first-order chi connectivity index (χ1) is 8.77. The number of hydrogen-bond donors (Lipinski definition) is 4. The Balaban J connectivity index is 2.48. The Morgan fingerprint density at radius 2 is 2.11 bits per heavy atom. The summed E-state index contributed by atoms with van der Waals surface area (Å²) >= 11 is 0. The van der Waals surface area contributed by atoms with Gasteiger partial charge in [-0.25, -0.2) is 4.79 Å². The smallest absolute Gasteiger partial charge is 0.330 e. The van der Waals surface area contributed by atoms with Crippen molar-refractivity contribution in [1.82, 2.24) is 9.55 Å². The second-order valence-corrected chi connectivity index (χ2v) is 4.79. The first kappa shape index (κ1) is 13.9. The van der Waals surface area contributed by atoms with E-state index >= 15 is 0 Å². The van der Waals surface area contributed by atoms with Crippen LogP contribution in [0.4, 0.5) is 0 Å². The number of hydrogen-bond acceptors (Lipinski definition) is 6. The molecule has 8 nitrogen and oxygen atoms in total. The first-order valence-corrected chi connectivity index (χ1v) is 5.82. The van der Waals surface area contributed by atoms with Gasteiger partial charge in [-0.3, -0.25) is 14.3 Å². The Morgan fingerprint density at radius 1 is 1.47 bits per heavy atom. The number of aliphatic hydroxyl groups excluding tert-OH is 3. The van der Waals surface area contributed by atoms with Gasteiger partial charge in [-0.05, 0) is 13.8 Å². The fraction of sp³-hybridized carbons (Fsp3) is 0.636. The van der Waals surface area contributed by atoms with Gasteiger partial charge in [-0.2, -0.15) is 0 Å². The van der Waals surface area contributed by atoms with Gasteiger partial charge in [-0.1, -0.05) is 0 Å². The molecule has 8 heteroatoms.